The standard InChI is InChI=1S/C17H19FN2OS/c1-11-9-15(17(21)20-8-2-3-14(20)10-19)22-16(11)12-4-6-13(18)7-5-12/h4-7,9,14H,2-3,8,10,19H2,1H3. The maximum absolute atomic E-state index is 13.1. The lowest BCUT2D eigenvalue weighted by atomic mass is 10.1. The SMILES string of the molecule is Cc1cc(C(=O)N2CCCC2CN)sc1-c1ccc(F)cc1. The van der Waals surface area contributed by atoms with E-state index in [0.717, 1.165) is 40.3 Å². The van der Waals surface area contributed by atoms with Crippen molar-refractivity contribution in [2.75, 3.05) is 13.1 Å². The van der Waals surface area contributed by atoms with E-state index < -0.39 is 0 Å². The lowest BCUT2D eigenvalue weighted by Gasteiger charge is -2.22. The van der Waals surface area contributed by atoms with Gasteiger partial charge in [0.25, 0.3) is 5.91 Å². The fourth-order valence-electron chi connectivity index (χ4n) is 2.97. The van der Waals surface area contributed by atoms with Crippen LogP contribution in [0.1, 0.15) is 28.1 Å². The highest BCUT2D eigenvalue weighted by atomic mass is 32.1. The molecule has 1 unspecified atom stereocenters. The molecule has 0 radical (unpaired) electrons. The molecule has 1 amide bonds. The number of hydrogen-bond donors (Lipinski definition) is 1. The fraction of sp³-hybridized carbons (Fsp3) is 0.353. The monoisotopic (exact) mass is 318 g/mol. The maximum Gasteiger partial charge on any atom is 0.264 e. The molecular weight excluding hydrogens is 299 g/mol. The van der Waals surface area contributed by atoms with Gasteiger partial charge in [0.1, 0.15) is 5.82 Å². The largest absolute Gasteiger partial charge is 0.334 e. The van der Waals surface area contributed by atoms with Gasteiger partial charge in [-0.3, -0.25) is 4.79 Å². The molecule has 1 aliphatic rings. The number of aryl methyl sites for hydroxylation is 1. The summed E-state index contributed by atoms with van der Waals surface area (Å²) in [4.78, 5) is 16.3. The van der Waals surface area contributed by atoms with Crippen molar-refractivity contribution in [1.82, 2.24) is 4.90 Å². The number of nitrogens with two attached hydrogens (primary N) is 1. The molecule has 0 aliphatic carbocycles. The summed E-state index contributed by atoms with van der Waals surface area (Å²) in [5.41, 5.74) is 7.74. The Kier molecular flexibility index (Phi) is 4.27. The van der Waals surface area contributed by atoms with E-state index >= 15 is 0 Å². The molecule has 1 saturated heterocycles. The molecule has 2 aromatic rings. The van der Waals surface area contributed by atoms with E-state index in [1.54, 1.807) is 12.1 Å². The fourth-order valence-corrected chi connectivity index (χ4v) is 4.10. The second-order valence-electron chi connectivity index (χ2n) is 5.66. The Bertz CT molecular complexity index is 680. The molecule has 3 nitrogen and oxygen atoms in total. The van der Waals surface area contributed by atoms with Crippen LogP contribution in [-0.4, -0.2) is 29.9 Å². The molecule has 2 N–H and O–H groups in total. The highest BCUT2D eigenvalue weighted by molar-refractivity contribution is 7.17. The number of benzene rings is 1. The minimum absolute atomic E-state index is 0.0643. The predicted octanol–water partition coefficient (Wildman–Crippen LogP) is 3.43. The van der Waals surface area contributed by atoms with E-state index in [1.807, 2.05) is 17.9 Å². The first-order chi connectivity index (χ1) is 10.6. The number of halogens is 1. The van der Waals surface area contributed by atoms with Crippen molar-refractivity contribution < 1.29 is 9.18 Å². The average Bonchev–Trinajstić information content (AvgIpc) is 3.14. The number of carbonyl (C=O) groups excluding carboxylic acids is 1. The highest BCUT2D eigenvalue weighted by Gasteiger charge is 2.29. The van der Waals surface area contributed by atoms with E-state index in [0.29, 0.717) is 6.54 Å². The number of nitrogens with zero attached hydrogens (tertiary/aromatic N) is 1. The molecule has 0 saturated carbocycles. The molecule has 116 valence electrons. The molecule has 0 bridgehead atoms. The molecule has 1 aliphatic heterocycles. The maximum atomic E-state index is 13.1. The quantitative estimate of drug-likeness (QED) is 0.942. The Morgan fingerprint density at radius 2 is 2.14 bits per heavy atom. The number of amides is 1. The minimum atomic E-state index is -0.253. The summed E-state index contributed by atoms with van der Waals surface area (Å²) in [6, 6.07) is 8.48. The zero-order valence-electron chi connectivity index (χ0n) is 12.5. The number of hydrogen-bond acceptors (Lipinski definition) is 3. The summed E-state index contributed by atoms with van der Waals surface area (Å²) in [5.74, 6) is -0.188. The highest BCUT2D eigenvalue weighted by Crippen LogP contribution is 2.34. The molecule has 1 aromatic carbocycles. The molecule has 3 rings (SSSR count). The third kappa shape index (κ3) is 2.78. The molecule has 1 fully saturated rings. The van der Waals surface area contributed by atoms with Gasteiger partial charge in [0.15, 0.2) is 0 Å². The zero-order valence-corrected chi connectivity index (χ0v) is 13.3. The lowest BCUT2D eigenvalue weighted by Crippen LogP contribution is -2.39. The van der Waals surface area contributed by atoms with Crippen LogP contribution in [0.25, 0.3) is 10.4 Å². The molecule has 22 heavy (non-hydrogen) atoms. The molecule has 5 heteroatoms. The number of thiophene rings is 1. The van der Waals surface area contributed by atoms with Gasteiger partial charge in [-0.25, -0.2) is 4.39 Å². The van der Waals surface area contributed by atoms with Gasteiger partial charge in [0.05, 0.1) is 4.88 Å². The van der Waals surface area contributed by atoms with Gasteiger partial charge in [0.2, 0.25) is 0 Å². The summed E-state index contributed by atoms with van der Waals surface area (Å²) in [6.07, 6.45) is 2.00. The van der Waals surface area contributed by atoms with E-state index in [1.165, 1.54) is 23.5 Å². The van der Waals surface area contributed by atoms with Crippen LogP contribution in [0, 0.1) is 12.7 Å². The Morgan fingerprint density at radius 3 is 2.82 bits per heavy atom. The Morgan fingerprint density at radius 1 is 1.41 bits per heavy atom. The van der Waals surface area contributed by atoms with Crippen LogP contribution < -0.4 is 5.73 Å². The Balaban J connectivity index is 1.88. The zero-order chi connectivity index (χ0) is 15.7. The van der Waals surface area contributed by atoms with E-state index in [-0.39, 0.29) is 17.8 Å². The van der Waals surface area contributed by atoms with Gasteiger partial charge in [-0.1, -0.05) is 12.1 Å². The smallest absolute Gasteiger partial charge is 0.264 e. The van der Waals surface area contributed by atoms with Crippen molar-refractivity contribution in [1.29, 1.82) is 0 Å². The van der Waals surface area contributed by atoms with Crippen molar-refractivity contribution >= 4 is 17.2 Å². The summed E-state index contributed by atoms with van der Waals surface area (Å²) in [7, 11) is 0. The minimum Gasteiger partial charge on any atom is -0.334 e. The van der Waals surface area contributed by atoms with Crippen LogP contribution in [0.15, 0.2) is 30.3 Å². The summed E-state index contributed by atoms with van der Waals surface area (Å²) in [5, 5.41) is 0. The first kappa shape index (κ1) is 15.2. The first-order valence-corrected chi connectivity index (χ1v) is 8.29. The van der Waals surface area contributed by atoms with Gasteiger partial charge in [-0.15, -0.1) is 11.3 Å². The van der Waals surface area contributed by atoms with Crippen LogP contribution in [0.4, 0.5) is 4.39 Å². The predicted molar refractivity (Wildman–Crippen MR) is 87.6 cm³/mol. The number of rotatable bonds is 3. The Labute approximate surface area is 133 Å². The van der Waals surface area contributed by atoms with E-state index in [9.17, 15) is 9.18 Å². The first-order valence-electron chi connectivity index (χ1n) is 7.47. The Hall–Kier alpha value is -1.72. The number of carbonyl (C=O) groups is 1. The topological polar surface area (TPSA) is 46.3 Å². The van der Waals surface area contributed by atoms with Crippen molar-refractivity contribution in [3.63, 3.8) is 0 Å². The van der Waals surface area contributed by atoms with Crippen LogP contribution in [0.2, 0.25) is 0 Å². The third-order valence-electron chi connectivity index (χ3n) is 4.15. The van der Waals surface area contributed by atoms with Crippen LogP contribution in [0.5, 0.6) is 0 Å². The summed E-state index contributed by atoms with van der Waals surface area (Å²) in [6.45, 7) is 3.28. The summed E-state index contributed by atoms with van der Waals surface area (Å²) >= 11 is 1.47. The lowest BCUT2D eigenvalue weighted by molar-refractivity contribution is 0.0746. The molecular formula is C17H19FN2OS. The van der Waals surface area contributed by atoms with Crippen molar-refractivity contribution in [2.45, 2.75) is 25.8 Å². The average molecular weight is 318 g/mol. The normalized spacial score (nSPS) is 18.0. The van der Waals surface area contributed by atoms with Gasteiger partial charge in [-0.05, 0) is 49.1 Å². The molecule has 0 spiro atoms. The number of likely N-dealkylation sites (tertiary alicyclic amines) is 1. The van der Waals surface area contributed by atoms with Crippen LogP contribution in [-0.2, 0) is 0 Å². The second-order valence-corrected chi connectivity index (χ2v) is 6.71. The van der Waals surface area contributed by atoms with Crippen LogP contribution >= 0.6 is 11.3 Å². The van der Waals surface area contributed by atoms with Gasteiger partial charge < -0.3 is 10.6 Å². The van der Waals surface area contributed by atoms with E-state index in [4.69, 9.17) is 5.73 Å². The molecule has 1 atom stereocenters. The third-order valence-corrected chi connectivity index (χ3v) is 5.42. The van der Waals surface area contributed by atoms with Gasteiger partial charge >= 0.3 is 0 Å². The molecule has 2 heterocycles. The van der Waals surface area contributed by atoms with Crippen molar-refractivity contribution in [3.8, 4) is 10.4 Å². The van der Waals surface area contributed by atoms with Crippen molar-refractivity contribution in [2.24, 2.45) is 5.73 Å². The summed E-state index contributed by atoms with van der Waals surface area (Å²) < 4.78 is 13.1. The van der Waals surface area contributed by atoms with Crippen molar-refractivity contribution in [3.05, 3.63) is 46.6 Å². The second kappa shape index (κ2) is 6.18. The van der Waals surface area contributed by atoms with Gasteiger partial charge in [0, 0.05) is 24.0 Å². The van der Waals surface area contributed by atoms with Gasteiger partial charge in [-0.2, -0.15) is 0 Å². The van der Waals surface area contributed by atoms with E-state index in [2.05, 4.69) is 0 Å². The molecule has 1 aromatic heterocycles. The van der Waals surface area contributed by atoms with Crippen LogP contribution in [0.3, 0.4) is 0 Å².